The van der Waals surface area contributed by atoms with Crippen LogP contribution in [0.4, 0.5) is 0 Å². The van der Waals surface area contributed by atoms with Crippen molar-refractivity contribution in [1.82, 2.24) is 0 Å². The first-order chi connectivity index (χ1) is 3.89. The SMILES string of the molecule is Cl.O=C1CC=CC=NC1. The lowest BCUT2D eigenvalue weighted by atomic mass is 10.3. The third-order valence-corrected chi connectivity index (χ3v) is 0.941. The Morgan fingerprint density at radius 1 is 1.56 bits per heavy atom. The molecule has 50 valence electrons. The van der Waals surface area contributed by atoms with Gasteiger partial charge in [0.05, 0.1) is 6.54 Å². The summed E-state index contributed by atoms with van der Waals surface area (Å²) in [5, 5.41) is 0. The molecule has 0 radical (unpaired) electrons. The predicted molar refractivity (Wildman–Crippen MR) is 39.4 cm³/mol. The first-order valence-corrected chi connectivity index (χ1v) is 2.56. The number of allylic oxidation sites excluding steroid dienone is 2. The van der Waals surface area contributed by atoms with Crippen LogP contribution >= 0.6 is 12.4 Å². The van der Waals surface area contributed by atoms with E-state index >= 15 is 0 Å². The molecule has 0 atom stereocenters. The third-order valence-electron chi connectivity index (χ3n) is 0.941. The summed E-state index contributed by atoms with van der Waals surface area (Å²) in [7, 11) is 0. The van der Waals surface area contributed by atoms with Gasteiger partial charge in [-0.3, -0.25) is 9.79 Å². The number of halogens is 1. The summed E-state index contributed by atoms with van der Waals surface area (Å²) in [6.07, 6.45) is 5.81. The number of carbonyl (C=O) groups is 1. The van der Waals surface area contributed by atoms with E-state index in [9.17, 15) is 4.79 Å². The number of rotatable bonds is 0. The Hall–Kier alpha value is -0.630. The summed E-state index contributed by atoms with van der Waals surface area (Å²) in [5.41, 5.74) is 0. The summed E-state index contributed by atoms with van der Waals surface area (Å²) in [6.45, 7) is 0.354. The molecule has 1 rings (SSSR count). The quantitative estimate of drug-likeness (QED) is 0.500. The lowest BCUT2D eigenvalue weighted by Crippen LogP contribution is -1.97. The van der Waals surface area contributed by atoms with Gasteiger partial charge in [0, 0.05) is 12.6 Å². The van der Waals surface area contributed by atoms with E-state index in [0.717, 1.165) is 0 Å². The summed E-state index contributed by atoms with van der Waals surface area (Å²) in [4.78, 5) is 14.3. The van der Waals surface area contributed by atoms with Gasteiger partial charge in [-0.15, -0.1) is 12.4 Å². The molecular formula is C6H8ClNO. The Kier molecular flexibility index (Phi) is 3.97. The first-order valence-electron chi connectivity index (χ1n) is 2.56. The van der Waals surface area contributed by atoms with Crippen LogP contribution < -0.4 is 0 Å². The van der Waals surface area contributed by atoms with E-state index in [1.165, 1.54) is 0 Å². The summed E-state index contributed by atoms with van der Waals surface area (Å²) in [5.74, 6) is 0.190. The highest BCUT2D eigenvalue weighted by molar-refractivity contribution is 5.86. The van der Waals surface area contributed by atoms with Crippen molar-refractivity contribution in [3.63, 3.8) is 0 Å². The second-order valence-corrected chi connectivity index (χ2v) is 1.66. The number of nitrogens with zero attached hydrogens (tertiary/aromatic N) is 1. The van der Waals surface area contributed by atoms with Gasteiger partial charge in [-0.25, -0.2) is 0 Å². The Balaban J connectivity index is 0.000000640. The average Bonchev–Trinajstić information content (AvgIpc) is 1.94. The molecule has 0 aliphatic carbocycles. The van der Waals surface area contributed by atoms with Crippen LogP contribution in [0.5, 0.6) is 0 Å². The van der Waals surface area contributed by atoms with Crippen molar-refractivity contribution >= 4 is 24.4 Å². The van der Waals surface area contributed by atoms with E-state index in [0.29, 0.717) is 13.0 Å². The van der Waals surface area contributed by atoms with Gasteiger partial charge in [0.1, 0.15) is 0 Å². The molecule has 0 aromatic carbocycles. The highest BCUT2D eigenvalue weighted by Crippen LogP contribution is 1.89. The van der Waals surface area contributed by atoms with Crippen LogP contribution in [0.2, 0.25) is 0 Å². The van der Waals surface area contributed by atoms with Crippen molar-refractivity contribution in [2.75, 3.05) is 6.54 Å². The predicted octanol–water partition coefficient (Wildman–Crippen LogP) is 1.01. The zero-order valence-corrected chi connectivity index (χ0v) is 5.73. The van der Waals surface area contributed by atoms with Crippen LogP contribution in [0.1, 0.15) is 6.42 Å². The Bertz CT molecular complexity index is 135. The van der Waals surface area contributed by atoms with E-state index in [-0.39, 0.29) is 18.2 Å². The van der Waals surface area contributed by atoms with Crippen LogP contribution in [0.3, 0.4) is 0 Å². The Morgan fingerprint density at radius 3 is 3.11 bits per heavy atom. The smallest absolute Gasteiger partial charge is 0.157 e. The maximum atomic E-state index is 10.5. The number of Topliss-reactive ketones (excluding diaryl/α,β-unsaturated/α-hetero) is 1. The normalized spacial score (nSPS) is 16.7. The Labute approximate surface area is 60.1 Å². The van der Waals surface area contributed by atoms with E-state index in [4.69, 9.17) is 0 Å². The fraction of sp³-hybridized carbons (Fsp3) is 0.333. The molecule has 0 unspecified atom stereocenters. The van der Waals surface area contributed by atoms with Gasteiger partial charge in [-0.05, 0) is 6.08 Å². The minimum Gasteiger partial charge on any atom is -0.297 e. The van der Waals surface area contributed by atoms with Crippen LogP contribution in [-0.4, -0.2) is 18.5 Å². The molecule has 0 aromatic rings. The molecule has 0 bridgehead atoms. The highest BCUT2D eigenvalue weighted by Gasteiger charge is 1.96. The molecule has 2 nitrogen and oxygen atoms in total. The van der Waals surface area contributed by atoms with E-state index in [2.05, 4.69) is 4.99 Å². The summed E-state index contributed by atoms with van der Waals surface area (Å²) >= 11 is 0. The minimum atomic E-state index is 0. The molecule has 0 fully saturated rings. The van der Waals surface area contributed by atoms with E-state index in [1.807, 2.05) is 6.08 Å². The van der Waals surface area contributed by atoms with Gasteiger partial charge in [-0.1, -0.05) is 6.08 Å². The maximum Gasteiger partial charge on any atom is 0.157 e. The van der Waals surface area contributed by atoms with Crippen LogP contribution in [-0.2, 0) is 4.79 Å². The number of hydrogen-bond donors (Lipinski definition) is 0. The number of ketones is 1. The van der Waals surface area contributed by atoms with Gasteiger partial charge in [0.2, 0.25) is 0 Å². The maximum absolute atomic E-state index is 10.5. The standard InChI is InChI=1S/C6H7NO.ClH/c8-6-3-1-2-4-7-5-6;/h1-2,4H,3,5H2;1H. The molecule has 1 aliphatic heterocycles. The van der Waals surface area contributed by atoms with Crippen LogP contribution in [0.25, 0.3) is 0 Å². The molecule has 9 heavy (non-hydrogen) atoms. The average molecular weight is 146 g/mol. The molecule has 0 saturated heterocycles. The van der Waals surface area contributed by atoms with Gasteiger partial charge in [-0.2, -0.15) is 0 Å². The first kappa shape index (κ1) is 8.37. The molecule has 0 aromatic heterocycles. The van der Waals surface area contributed by atoms with Crippen molar-refractivity contribution in [1.29, 1.82) is 0 Å². The van der Waals surface area contributed by atoms with Crippen LogP contribution in [0.15, 0.2) is 17.1 Å². The minimum absolute atomic E-state index is 0. The highest BCUT2D eigenvalue weighted by atomic mass is 35.5. The fourth-order valence-corrected chi connectivity index (χ4v) is 0.540. The summed E-state index contributed by atoms with van der Waals surface area (Å²) < 4.78 is 0. The molecule has 0 spiro atoms. The lowest BCUT2D eigenvalue weighted by Gasteiger charge is -1.83. The van der Waals surface area contributed by atoms with Crippen molar-refractivity contribution < 1.29 is 4.79 Å². The molecule has 1 heterocycles. The fourth-order valence-electron chi connectivity index (χ4n) is 0.540. The summed E-state index contributed by atoms with van der Waals surface area (Å²) in [6, 6.07) is 0. The van der Waals surface area contributed by atoms with Crippen molar-refractivity contribution in [2.45, 2.75) is 6.42 Å². The monoisotopic (exact) mass is 145 g/mol. The zero-order valence-electron chi connectivity index (χ0n) is 4.91. The molecular weight excluding hydrogens is 138 g/mol. The molecule has 0 N–H and O–H groups in total. The van der Waals surface area contributed by atoms with E-state index < -0.39 is 0 Å². The van der Waals surface area contributed by atoms with Gasteiger partial charge < -0.3 is 0 Å². The van der Waals surface area contributed by atoms with Crippen LogP contribution in [0, 0.1) is 0 Å². The van der Waals surface area contributed by atoms with Gasteiger partial charge >= 0.3 is 0 Å². The third kappa shape index (κ3) is 3.03. The largest absolute Gasteiger partial charge is 0.297 e. The van der Waals surface area contributed by atoms with Crippen molar-refractivity contribution in [2.24, 2.45) is 4.99 Å². The molecule has 0 saturated carbocycles. The van der Waals surface area contributed by atoms with Crippen molar-refractivity contribution in [3.8, 4) is 0 Å². The zero-order chi connectivity index (χ0) is 5.82. The number of carbonyl (C=O) groups excluding carboxylic acids is 1. The van der Waals surface area contributed by atoms with Crippen molar-refractivity contribution in [3.05, 3.63) is 12.2 Å². The molecule has 1 aliphatic rings. The topological polar surface area (TPSA) is 29.4 Å². The van der Waals surface area contributed by atoms with Gasteiger partial charge in [0.15, 0.2) is 5.78 Å². The lowest BCUT2D eigenvalue weighted by molar-refractivity contribution is -0.116. The Morgan fingerprint density at radius 2 is 2.33 bits per heavy atom. The molecule has 0 amide bonds. The van der Waals surface area contributed by atoms with E-state index in [1.54, 1.807) is 12.3 Å². The second kappa shape index (κ2) is 4.27. The number of hydrogen-bond acceptors (Lipinski definition) is 2. The number of aliphatic imine (C=N–C) groups is 1. The molecule has 3 heteroatoms. The second-order valence-electron chi connectivity index (χ2n) is 1.66. The van der Waals surface area contributed by atoms with Gasteiger partial charge in [0.25, 0.3) is 0 Å².